The Morgan fingerprint density at radius 3 is 1.70 bits per heavy atom. The van der Waals surface area contributed by atoms with E-state index in [1.54, 1.807) is 0 Å². The Kier molecular flexibility index (Phi) is 1.93. The van der Waals surface area contributed by atoms with Crippen LogP contribution in [0.15, 0.2) is 36.4 Å². The van der Waals surface area contributed by atoms with E-state index in [2.05, 4.69) is 9.97 Å². The minimum atomic E-state index is 0.0797. The smallest absolute Gasteiger partial charge is 0.177 e. The van der Waals surface area contributed by atoms with Crippen LogP contribution in [0.25, 0.3) is 33.3 Å². The van der Waals surface area contributed by atoms with Crippen molar-refractivity contribution in [1.82, 2.24) is 9.97 Å². The maximum absolute atomic E-state index is 9.09. The van der Waals surface area contributed by atoms with Crippen LogP contribution in [0.5, 0.6) is 0 Å². The summed E-state index contributed by atoms with van der Waals surface area (Å²) >= 11 is 0. The van der Waals surface area contributed by atoms with E-state index in [1.165, 1.54) is 0 Å². The zero-order valence-electron chi connectivity index (χ0n) is 10.3. The van der Waals surface area contributed by atoms with Crippen molar-refractivity contribution in [2.24, 2.45) is 0 Å². The fourth-order valence-corrected chi connectivity index (χ4v) is 2.70. The van der Waals surface area contributed by atoms with E-state index in [-0.39, 0.29) is 11.4 Å². The van der Waals surface area contributed by atoms with Crippen LogP contribution in [0.2, 0.25) is 0 Å². The van der Waals surface area contributed by atoms with Crippen molar-refractivity contribution < 1.29 is 0 Å². The predicted molar refractivity (Wildman–Crippen MR) is 73.4 cm³/mol. The Morgan fingerprint density at radius 1 is 0.750 bits per heavy atom. The first-order valence-corrected chi connectivity index (χ1v) is 6.08. The lowest BCUT2D eigenvalue weighted by Crippen LogP contribution is -1.97. The van der Waals surface area contributed by atoms with Crippen LogP contribution in [-0.4, -0.2) is 9.97 Å². The molecule has 0 unspecified atom stereocenters. The molecule has 0 bridgehead atoms. The Balaban J connectivity index is 2.20. The molecule has 4 heteroatoms. The fourth-order valence-electron chi connectivity index (χ4n) is 2.70. The highest BCUT2D eigenvalue weighted by Crippen LogP contribution is 2.45. The molecule has 0 saturated carbocycles. The number of benzene rings is 2. The van der Waals surface area contributed by atoms with E-state index < -0.39 is 0 Å². The monoisotopic (exact) mass is 254 g/mol. The number of rotatable bonds is 0. The summed E-state index contributed by atoms with van der Waals surface area (Å²) in [6.45, 7) is 0. The average Bonchev–Trinajstić information content (AvgIpc) is 2.82. The van der Waals surface area contributed by atoms with Gasteiger partial charge in [0.1, 0.15) is 12.1 Å². The standard InChI is InChI=1S/C16H6N4/c17-7-12-13(8-18)20-16-11-6-2-4-9-3-1-5-10(14(9)11)15(16)19-12/h1-6H. The van der Waals surface area contributed by atoms with Crippen LogP contribution < -0.4 is 0 Å². The molecule has 1 aliphatic carbocycles. The quantitative estimate of drug-likeness (QED) is 0.483. The van der Waals surface area contributed by atoms with Crippen LogP contribution in [0.1, 0.15) is 11.4 Å². The van der Waals surface area contributed by atoms with Gasteiger partial charge in [-0.2, -0.15) is 10.5 Å². The second-order valence-corrected chi connectivity index (χ2v) is 4.55. The van der Waals surface area contributed by atoms with Gasteiger partial charge in [0, 0.05) is 16.5 Å². The van der Waals surface area contributed by atoms with Gasteiger partial charge in [0.05, 0.1) is 11.4 Å². The summed E-state index contributed by atoms with van der Waals surface area (Å²) in [6.07, 6.45) is 0. The van der Waals surface area contributed by atoms with E-state index in [9.17, 15) is 0 Å². The SMILES string of the molecule is N#Cc1nc2c(nc1C#N)-c1cccc3cccc-2c13. The number of fused-ring (bicyclic) bond motifs is 3. The molecule has 3 aromatic rings. The Labute approximate surface area is 114 Å². The minimum Gasteiger partial charge on any atom is -0.232 e. The summed E-state index contributed by atoms with van der Waals surface area (Å²) < 4.78 is 0. The largest absolute Gasteiger partial charge is 0.232 e. The molecule has 4 rings (SSSR count). The molecule has 0 saturated heterocycles. The van der Waals surface area contributed by atoms with Gasteiger partial charge in [-0.15, -0.1) is 0 Å². The van der Waals surface area contributed by atoms with Crippen LogP contribution in [-0.2, 0) is 0 Å². The Morgan fingerprint density at radius 2 is 1.25 bits per heavy atom. The second-order valence-electron chi connectivity index (χ2n) is 4.55. The molecule has 90 valence electrons. The lowest BCUT2D eigenvalue weighted by molar-refractivity contribution is 1.15. The third-order valence-corrected chi connectivity index (χ3v) is 3.52. The number of nitriles is 2. The lowest BCUT2D eigenvalue weighted by Gasteiger charge is -2.01. The number of hydrogen-bond donors (Lipinski definition) is 0. The minimum absolute atomic E-state index is 0.0797. The van der Waals surface area contributed by atoms with Crippen molar-refractivity contribution in [3.05, 3.63) is 47.8 Å². The summed E-state index contributed by atoms with van der Waals surface area (Å²) in [7, 11) is 0. The zero-order chi connectivity index (χ0) is 13.7. The first kappa shape index (κ1) is 10.7. The van der Waals surface area contributed by atoms with Gasteiger partial charge in [0.15, 0.2) is 11.4 Å². The second kappa shape index (κ2) is 3.63. The summed E-state index contributed by atoms with van der Waals surface area (Å²) in [5, 5.41) is 20.4. The third kappa shape index (κ3) is 1.18. The number of hydrogen-bond acceptors (Lipinski definition) is 4. The van der Waals surface area contributed by atoms with Gasteiger partial charge in [0.25, 0.3) is 0 Å². The molecule has 0 radical (unpaired) electrons. The maximum atomic E-state index is 9.09. The van der Waals surface area contributed by atoms with E-state index in [0.717, 1.165) is 21.9 Å². The number of nitrogens with zero attached hydrogens (tertiary/aromatic N) is 4. The van der Waals surface area contributed by atoms with Crippen LogP contribution >= 0.6 is 0 Å². The van der Waals surface area contributed by atoms with Gasteiger partial charge in [-0.25, -0.2) is 9.97 Å². The van der Waals surface area contributed by atoms with Gasteiger partial charge in [-0.3, -0.25) is 0 Å². The van der Waals surface area contributed by atoms with E-state index >= 15 is 0 Å². The molecule has 0 spiro atoms. The summed E-state index contributed by atoms with van der Waals surface area (Å²) in [6, 6.07) is 15.8. The van der Waals surface area contributed by atoms with Gasteiger partial charge >= 0.3 is 0 Å². The van der Waals surface area contributed by atoms with Gasteiger partial charge in [0.2, 0.25) is 0 Å². The van der Waals surface area contributed by atoms with E-state index in [4.69, 9.17) is 10.5 Å². The van der Waals surface area contributed by atoms with Crippen LogP contribution in [0.4, 0.5) is 0 Å². The Hall–Kier alpha value is -3.24. The normalized spacial score (nSPS) is 10.9. The van der Waals surface area contributed by atoms with E-state index in [1.807, 2.05) is 48.5 Å². The fraction of sp³-hybridized carbons (Fsp3) is 0. The first-order chi connectivity index (χ1) is 9.83. The highest BCUT2D eigenvalue weighted by molar-refractivity contribution is 6.13. The van der Waals surface area contributed by atoms with Gasteiger partial charge in [-0.1, -0.05) is 36.4 Å². The van der Waals surface area contributed by atoms with Crippen molar-refractivity contribution in [2.45, 2.75) is 0 Å². The molecule has 0 fully saturated rings. The molecule has 0 N–H and O–H groups in total. The number of aromatic nitrogens is 2. The highest BCUT2D eigenvalue weighted by atomic mass is 14.9. The maximum Gasteiger partial charge on any atom is 0.177 e. The summed E-state index contributed by atoms with van der Waals surface area (Å²) in [5.74, 6) is 0. The molecular weight excluding hydrogens is 248 g/mol. The van der Waals surface area contributed by atoms with Crippen molar-refractivity contribution in [3.8, 4) is 34.7 Å². The molecule has 1 aliphatic rings. The van der Waals surface area contributed by atoms with Crippen molar-refractivity contribution in [1.29, 1.82) is 10.5 Å². The molecule has 0 amide bonds. The molecule has 0 aliphatic heterocycles. The van der Waals surface area contributed by atoms with Crippen molar-refractivity contribution in [3.63, 3.8) is 0 Å². The van der Waals surface area contributed by atoms with Gasteiger partial charge in [-0.05, 0) is 5.39 Å². The third-order valence-electron chi connectivity index (χ3n) is 3.52. The summed E-state index contributed by atoms with van der Waals surface area (Å²) in [4.78, 5) is 8.67. The Bertz CT molecular complexity index is 898. The molecular formula is C16H6N4. The zero-order valence-corrected chi connectivity index (χ0v) is 10.3. The average molecular weight is 254 g/mol. The molecule has 1 aromatic heterocycles. The van der Waals surface area contributed by atoms with Crippen LogP contribution in [0.3, 0.4) is 0 Å². The van der Waals surface area contributed by atoms with Crippen molar-refractivity contribution in [2.75, 3.05) is 0 Å². The molecule has 0 atom stereocenters. The summed E-state index contributed by atoms with van der Waals surface area (Å²) in [5.41, 5.74) is 3.48. The topological polar surface area (TPSA) is 73.4 Å². The molecule has 2 aromatic carbocycles. The lowest BCUT2D eigenvalue weighted by atomic mass is 10.0. The van der Waals surface area contributed by atoms with Crippen LogP contribution in [0, 0.1) is 22.7 Å². The van der Waals surface area contributed by atoms with Crippen molar-refractivity contribution >= 4 is 10.8 Å². The molecule has 4 nitrogen and oxygen atoms in total. The molecule has 1 heterocycles. The first-order valence-electron chi connectivity index (χ1n) is 6.08. The molecule has 20 heavy (non-hydrogen) atoms. The predicted octanol–water partition coefficient (Wildman–Crippen LogP) is 3.02. The highest BCUT2D eigenvalue weighted by Gasteiger charge is 2.25. The van der Waals surface area contributed by atoms with E-state index in [0.29, 0.717) is 11.4 Å². The van der Waals surface area contributed by atoms with Gasteiger partial charge < -0.3 is 0 Å².